The van der Waals surface area contributed by atoms with Crippen LogP contribution in [0.5, 0.6) is 5.75 Å². The van der Waals surface area contributed by atoms with Crippen LogP contribution in [0.1, 0.15) is 35.8 Å². The summed E-state index contributed by atoms with van der Waals surface area (Å²) < 4.78 is 7.45. The molecule has 1 aromatic heterocycles. The van der Waals surface area contributed by atoms with Gasteiger partial charge in [-0.05, 0) is 31.5 Å². The predicted octanol–water partition coefficient (Wildman–Crippen LogP) is 2.14. The SMILES string of the molecule is CC(C)n1cc(OCc2cccc(C(N)=O)c2)cn1. The Hall–Kier alpha value is -2.30. The number of carbonyl (C=O) groups excluding carboxylic acids is 1. The smallest absolute Gasteiger partial charge is 0.248 e. The second kappa shape index (κ2) is 5.56. The van der Waals surface area contributed by atoms with Crippen LogP contribution in [0.25, 0.3) is 0 Å². The quantitative estimate of drug-likeness (QED) is 0.894. The van der Waals surface area contributed by atoms with Gasteiger partial charge in [0.25, 0.3) is 0 Å². The lowest BCUT2D eigenvalue weighted by molar-refractivity contribution is 0.1000. The number of ether oxygens (including phenoxy) is 1. The fraction of sp³-hybridized carbons (Fsp3) is 0.286. The van der Waals surface area contributed by atoms with Crippen LogP contribution < -0.4 is 10.5 Å². The number of benzene rings is 1. The van der Waals surface area contributed by atoms with E-state index in [1.165, 1.54) is 0 Å². The second-order valence-corrected chi connectivity index (χ2v) is 4.60. The number of hydrogen-bond donors (Lipinski definition) is 1. The molecule has 0 spiro atoms. The first kappa shape index (κ1) is 13.1. The van der Waals surface area contributed by atoms with Crippen molar-refractivity contribution in [2.45, 2.75) is 26.5 Å². The molecule has 1 amide bonds. The van der Waals surface area contributed by atoms with E-state index in [0.717, 1.165) is 5.56 Å². The van der Waals surface area contributed by atoms with Gasteiger partial charge in [0.1, 0.15) is 6.61 Å². The predicted molar refractivity (Wildman–Crippen MR) is 71.9 cm³/mol. The van der Waals surface area contributed by atoms with Gasteiger partial charge in [-0.3, -0.25) is 9.48 Å². The lowest BCUT2D eigenvalue weighted by atomic mass is 10.1. The molecule has 1 aromatic carbocycles. The average molecular weight is 259 g/mol. The molecule has 0 radical (unpaired) electrons. The van der Waals surface area contributed by atoms with Crippen LogP contribution in [0.2, 0.25) is 0 Å². The highest BCUT2D eigenvalue weighted by atomic mass is 16.5. The summed E-state index contributed by atoms with van der Waals surface area (Å²) in [5, 5.41) is 4.19. The van der Waals surface area contributed by atoms with Crippen LogP contribution in [0.4, 0.5) is 0 Å². The monoisotopic (exact) mass is 259 g/mol. The third-order valence-corrected chi connectivity index (χ3v) is 2.72. The van der Waals surface area contributed by atoms with E-state index in [4.69, 9.17) is 10.5 Å². The standard InChI is InChI=1S/C14H17N3O2/c1-10(2)17-8-13(7-16-17)19-9-11-4-3-5-12(6-11)14(15)18/h3-8,10H,9H2,1-2H3,(H2,15,18). The van der Waals surface area contributed by atoms with Gasteiger partial charge in [0, 0.05) is 11.6 Å². The minimum atomic E-state index is -0.436. The fourth-order valence-corrected chi connectivity index (χ4v) is 1.66. The van der Waals surface area contributed by atoms with Crippen molar-refractivity contribution in [3.8, 4) is 5.75 Å². The van der Waals surface area contributed by atoms with Crippen molar-refractivity contribution in [1.82, 2.24) is 9.78 Å². The van der Waals surface area contributed by atoms with Gasteiger partial charge in [0.2, 0.25) is 5.91 Å². The van der Waals surface area contributed by atoms with Crippen LogP contribution in [0, 0.1) is 0 Å². The summed E-state index contributed by atoms with van der Waals surface area (Å²) in [5.74, 6) is 0.271. The number of nitrogens with two attached hydrogens (primary N) is 1. The van der Waals surface area contributed by atoms with Gasteiger partial charge >= 0.3 is 0 Å². The maximum Gasteiger partial charge on any atom is 0.248 e. The van der Waals surface area contributed by atoms with Crippen molar-refractivity contribution in [2.75, 3.05) is 0 Å². The third-order valence-electron chi connectivity index (χ3n) is 2.72. The number of carbonyl (C=O) groups is 1. The molecule has 0 fully saturated rings. The Morgan fingerprint density at radius 2 is 2.26 bits per heavy atom. The minimum absolute atomic E-state index is 0.301. The molecule has 0 bridgehead atoms. The summed E-state index contributed by atoms with van der Waals surface area (Å²) in [5.41, 5.74) is 6.62. The molecule has 0 aliphatic carbocycles. The molecule has 0 saturated heterocycles. The Bertz CT molecular complexity index is 576. The molecule has 2 rings (SSSR count). The molecule has 2 aromatic rings. The van der Waals surface area contributed by atoms with E-state index in [0.29, 0.717) is 24.0 Å². The Labute approximate surface area is 112 Å². The zero-order valence-electron chi connectivity index (χ0n) is 11.0. The van der Waals surface area contributed by atoms with Gasteiger partial charge in [0.15, 0.2) is 5.75 Å². The van der Waals surface area contributed by atoms with E-state index in [-0.39, 0.29) is 0 Å². The molecule has 5 nitrogen and oxygen atoms in total. The largest absolute Gasteiger partial charge is 0.486 e. The third kappa shape index (κ3) is 3.34. The van der Waals surface area contributed by atoms with Gasteiger partial charge in [0.05, 0.1) is 12.4 Å². The van der Waals surface area contributed by atoms with Crippen molar-refractivity contribution < 1.29 is 9.53 Å². The first-order valence-electron chi connectivity index (χ1n) is 6.12. The highest BCUT2D eigenvalue weighted by Gasteiger charge is 2.04. The van der Waals surface area contributed by atoms with Gasteiger partial charge < -0.3 is 10.5 Å². The normalized spacial score (nSPS) is 10.7. The summed E-state index contributed by atoms with van der Waals surface area (Å²) in [7, 11) is 0. The highest BCUT2D eigenvalue weighted by Crippen LogP contribution is 2.14. The highest BCUT2D eigenvalue weighted by molar-refractivity contribution is 5.92. The fourth-order valence-electron chi connectivity index (χ4n) is 1.66. The van der Waals surface area contributed by atoms with Crippen LogP contribution in [-0.2, 0) is 6.61 Å². The van der Waals surface area contributed by atoms with E-state index < -0.39 is 5.91 Å². The molecule has 0 aliphatic heterocycles. The molecule has 2 N–H and O–H groups in total. The molecule has 0 unspecified atom stereocenters. The molecule has 19 heavy (non-hydrogen) atoms. The molecule has 0 aliphatic rings. The summed E-state index contributed by atoms with van der Waals surface area (Å²) >= 11 is 0. The number of rotatable bonds is 5. The van der Waals surface area contributed by atoms with Crippen molar-refractivity contribution in [3.63, 3.8) is 0 Å². The number of aromatic nitrogens is 2. The second-order valence-electron chi connectivity index (χ2n) is 4.60. The first-order valence-corrected chi connectivity index (χ1v) is 6.12. The Morgan fingerprint density at radius 1 is 1.47 bits per heavy atom. The molecular weight excluding hydrogens is 242 g/mol. The number of nitrogens with zero attached hydrogens (tertiary/aromatic N) is 2. The van der Waals surface area contributed by atoms with Crippen molar-refractivity contribution >= 4 is 5.91 Å². The zero-order chi connectivity index (χ0) is 13.8. The topological polar surface area (TPSA) is 70.1 Å². The van der Waals surface area contributed by atoms with E-state index in [1.807, 2.05) is 30.8 Å². The van der Waals surface area contributed by atoms with Gasteiger partial charge in [-0.15, -0.1) is 0 Å². The van der Waals surface area contributed by atoms with Crippen LogP contribution in [0.15, 0.2) is 36.7 Å². The summed E-state index contributed by atoms with van der Waals surface area (Å²) in [6.45, 7) is 4.48. The molecule has 0 saturated carbocycles. The molecular formula is C14H17N3O2. The summed E-state index contributed by atoms with van der Waals surface area (Å²) in [6.07, 6.45) is 3.53. The first-order chi connectivity index (χ1) is 9.06. The van der Waals surface area contributed by atoms with Crippen LogP contribution in [0.3, 0.4) is 0 Å². The molecule has 100 valence electrons. The summed E-state index contributed by atoms with van der Waals surface area (Å²) in [4.78, 5) is 11.1. The van der Waals surface area contributed by atoms with Crippen LogP contribution in [-0.4, -0.2) is 15.7 Å². The zero-order valence-corrected chi connectivity index (χ0v) is 11.0. The van der Waals surface area contributed by atoms with Gasteiger partial charge in [-0.1, -0.05) is 12.1 Å². The molecule has 1 heterocycles. The number of amides is 1. The molecule has 0 atom stereocenters. The number of primary amides is 1. The van der Waals surface area contributed by atoms with Crippen molar-refractivity contribution in [3.05, 3.63) is 47.8 Å². The van der Waals surface area contributed by atoms with Crippen molar-refractivity contribution in [2.24, 2.45) is 5.73 Å². The lowest BCUT2D eigenvalue weighted by Gasteiger charge is -2.05. The van der Waals surface area contributed by atoms with Gasteiger partial charge in [-0.2, -0.15) is 5.10 Å². The maximum absolute atomic E-state index is 11.1. The number of hydrogen-bond acceptors (Lipinski definition) is 3. The van der Waals surface area contributed by atoms with E-state index in [9.17, 15) is 4.79 Å². The Morgan fingerprint density at radius 3 is 2.89 bits per heavy atom. The van der Waals surface area contributed by atoms with Crippen LogP contribution >= 0.6 is 0 Å². The average Bonchev–Trinajstić information content (AvgIpc) is 2.85. The Kier molecular flexibility index (Phi) is 3.85. The minimum Gasteiger partial charge on any atom is -0.486 e. The lowest BCUT2D eigenvalue weighted by Crippen LogP contribution is -2.11. The summed E-state index contributed by atoms with van der Waals surface area (Å²) in [6, 6.07) is 7.39. The van der Waals surface area contributed by atoms with E-state index in [2.05, 4.69) is 5.10 Å². The van der Waals surface area contributed by atoms with E-state index in [1.54, 1.807) is 24.4 Å². The van der Waals surface area contributed by atoms with Gasteiger partial charge in [-0.25, -0.2) is 0 Å². The Balaban J connectivity index is 2.01. The van der Waals surface area contributed by atoms with Crippen molar-refractivity contribution in [1.29, 1.82) is 0 Å². The molecule has 5 heteroatoms. The van der Waals surface area contributed by atoms with E-state index >= 15 is 0 Å². The maximum atomic E-state index is 11.1.